The molecule has 0 bridgehead atoms. The number of carbonyl (C=O) groups excluding carboxylic acids is 1. The maximum atomic E-state index is 13.5. The lowest BCUT2D eigenvalue weighted by atomic mass is 10.2. The van der Waals surface area contributed by atoms with Crippen molar-refractivity contribution in [1.82, 2.24) is 9.21 Å². The Morgan fingerprint density at radius 2 is 1.68 bits per heavy atom. The SMILES string of the molecule is CC(C)(C)OC(=O)N1CCN(S(=O)(=O)c2cc([N+](=O)[O-])ccc2Oc2cc(Cl)ccc2Cl)CC1. The molecule has 0 aliphatic carbocycles. The van der Waals surface area contributed by atoms with Crippen LogP contribution in [0.15, 0.2) is 41.3 Å². The highest BCUT2D eigenvalue weighted by molar-refractivity contribution is 7.89. The summed E-state index contributed by atoms with van der Waals surface area (Å²) in [5.41, 5.74) is -1.10. The van der Waals surface area contributed by atoms with Gasteiger partial charge >= 0.3 is 6.09 Å². The number of hydrogen-bond donors (Lipinski definition) is 0. The summed E-state index contributed by atoms with van der Waals surface area (Å²) in [6.07, 6.45) is -0.542. The minimum Gasteiger partial charge on any atom is -0.454 e. The molecule has 3 rings (SSSR count). The van der Waals surface area contributed by atoms with Gasteiger partial charge in [-0.05, 0) is 39.0 Å². The summed E-state index contributed by atoms with van der Waals surface area (Å²) in [6, 6.07) is 7.68. The van der Waals surface area contributed by atoms with Gasteiger partial charge in [-0.25, -0.2) is 13.2 Å². The molecule has 1 fully saturated rings. The fourth-order valence-corrected chi connectivity index (χ4v) is 5.02. The molecular formula is C21H23Cl2N3O7S. The topological polar surface area (TPSA) is 119 Å². The Kier molecular flexibility index (Phi) is 7.61. The summed E-state index contributed by atoms with van der Waals surface area (Å²) in [4.78, 5) is 23.9. The Balaban J connectivity index is 1.89. The highest BCUT2D eigenvalue weighted by atomic mass is 35.5. The van der Waals surface area contributed by atoms with Gasteiger partial charge in [0, 0.05) is 49.4 Å². The van der Waals surface area contributed by atoms with Gasteiger partial charge in [0.05, 0.1) is 9.95 Å². The van der Waals surface area contributed by atoms with Crippen LogP contribution in [0.1, 0.15) is 20.8 Å². The lowest BCUT2D eigenvalue weighted by Gasteiger charge is -2.35. The third kappa shape index (κ3) is 6.09. The van der Waals surface area contributed by atoms with E-state index in [4.69, 9.17) is 32.7 Å². The number of ether oxygens (including phenoxy) is 2. The van der Waals surface area contributed by atoms with E-state index < -0.39 is 37.2 Å². The number of rotatable bonds is 5. The number of non-ortho nitro benzene ring substituents is 1. The second-order valence-electron chi connectivity index (χ2n) is 8.44. The van der Waals surface area contributed by atoms with E-state index in [1.54, 1.807) is 20.8 Å². The molecule has 13 heteroatoms. The Hall–Kier alpha value is -2.60. The van der Waals surface area contributed by atoms with Crippen molar-refractivity contribution >= 4 is 45.0 Å². The van der Waals surface area contributed by atoms with Gasteiger partial charge in [0.1, 0.15) is 22.0 Å². The first kappa shape index (κ1) is 26.0. The zero-order valence-electron chi connectivity index (χ0n) is 18.7. The van der Waals surface area contributed by atoms with Crippen molar-refractivity contribution in [1.29, 1.82) is 0 Å². The first-order chi connectivity index (χ1) is 15.8. The van der Waals surface area contributed by atoms with Crippen molar-refractivity contribution in [2.45, 2.75) is 31.3 Å². The maximum absolute atomic E-state index is 13.5. The number of carbonyl (C=O) groups is 1. The normalized spacial score (nSPS) is 15.1. The molecule has 184 valence electrons. The van der Waals surface area contributed by atoms with Gasteiger partial charge in [0.25, 0.3) is 5.69 Å². The first-order valence-electron chi connectivity index (χ1n) is 10.2. The molecule has 0 atom stereocenters. The molecule has 1 heterocycles. The Labute approximate surface area is 207 Å². The summed E-state index contributed by atoms with van der Waals surface area (Å²) < 4.78 is 39.1. The van der Waals surface area contributed by atoms with Crippen molar-refractivity contribution in [3.8, 4) is 11.5 Å². The minimum atomic E-state index is -4.23. The van der Waals surface area contributed by atoms with Crippen molar-refractivity contribution < 1.29 is 27.6 Å². The van der Waals surface area contributed by atoms with Crippen LogP contribution in [0.3, 0.4) is 0 Å². The molecule has 1 aliphatic heterocycles. The second kappa shape index (κ2) is 9.95. The smallest absolute Gasteiger partial charge is 0.410 e. The van der Waals surface area contributed by atoms with Crippen LogP contribution in [0.25, 0.3) is 0 Å². The molecule has 2 aromatic rings. The van der Waals surface area contributed by atoms with Crippen LogP contribution in [-0.2, 0) is 14.8 Å². The summed E-state index contributed by atoms with van der Waals surface area (Å²) in [7, 11) is -4.23. The fraction of sp³-hybridized carbons (Fsp3) is 0.381. The molecule has 0 radical (unpaired) electrons. The highest BCUT2D eigenvalue weighted by Gasteiger charge is 2.35. The summed E-state index contributed by atoms with van der Waals surface area (Å²) in [6.45, 7) is 5.35. The van der Waals surface area contributed by atoms with Gasteiger partial charge in [0.2, 0.25) is 10.0 Å². The molecule has 0 N–H and O–H groups in total. The number of nitro groups is 1. The van der Waals surface area contributed by atoms with E-state index in [0.717, 1.165) is 16.4 Å². The van der Waals surface area contributed by atoms with Crippen molar-refractivity contribution in [2.24, 2.45) is 0 Å². The van der Waals surface area contributed by atoms with Crippen molar-refractivity contribution in [3.63, 3.8) is 0 Å². The molecule has 10 nitrogen and oxygen atoms in total. The molecule has 0 saturated carbocycles. The van der Waals surface area contributed by atoms with Crippen LogP contribution in [0.2, 0.25) is 10.0 Å². The summed E-state index contributed by atoms with van der Waals surface area (Å²) in [5.74, 6) is -0.0569. The Bertz CT molecular complexity index is 1210. The minimum absolute atomic E-state index is 0.0262. The van der Waals surface area contributed by atoms with E-state index in [9.17, 15) is 23.3 Å². The lowest BCUT2D eigenvalue weighted by Crippen LogP contribution is -2.51. The van der Waals surface area contributed by atoms with Gasteiger partial charge in [0.15, 0.2) is 0 Å². The van der Waals surface area contributed by atoms with E-state index >= 15 is 0 Å². The third-order valence-corrected chi connectivity index (χ3v) is 7.23. The number of nitro benzene ring substituents is 1. The van der Waals surface area contributed by atoms with E-state index in [1.807, 2.05) is 0 Å². The zero-order chi connectivity index (χ0) is 25.3. The largest absolute Gasteiger partial charge is 0.454 e. The highest BCUT2D eigenvalue weighted by Crippen LogP contribution is 2.37. The number of amides is 1. The zero-order valence-corrected chi connectivity index (χ0v) is 21.0. The summed E-state index contributed by atoms with van der Waals surface area (Å²) in [5, 5.41) is 11.8. The van der Waals surface area contributed by atoms with E-state index in [0.29, 0.717) is 5.02 Å². The Morgan fingerprint density at radius 3 is 2.26 bits per heavy atom. The van der Waals surface area contributed by atoms with Crippen LogP contribution >= 0.6 is 23.2 Å². The molecule has 1 amide bonds. The van der Waals surface area contributed by atoms with Gasteiger partial charge in [-0.15, -0.1) is 0 Å². The number of hydrogen-bond acceptors (Lipinski definition) is 7. The number of sulfonamides is 1. The first-order valence-corrected chi connectivity index (χ1v) is 12.4. The molecule has 0 spiro atoms. The number of nitrogens with zero attached hydrogens (tertiary/aromatic N) is 3. The second-order valence-corrected chi connectivity index (χ2v) is 11.2. The lowest BCUT2D eigenvalue weighted by molar-refractivity contribution is -0.385. The maximum Gasteiger partial charge on any atom is 0.410 e. The summed E-state index contributed by atoms with van der Waals surface area (Å²) >= 11 is 12.1. The predicted molar refractivity (Wildman–Crippen MR) is 126 cm³/mol. The average Bonchev–Trinajstić information content (AvgIpc) is 2.75. The molecule has 1 aliphatic rings. The van der Waals surface area contributed by atoms with Crippen LogP contribution < -0.4 is 4.74 Å². The van der Waals surface area contributed by atoms with Crippen molar-refractivity contribution in [3.05, 3.63) is 56.6 Å². The van der Waals surface area contributed by atoms with Crippen molar-refractivity contribution in [2.75, 3.05) is 26.2 Å². The van der Waals surface area contributed by atoms with Crippen LogP contribution in [0.4, 0.5) is 10.5 Å². The molecule has 0 unspecified atom stereocenters. The fourth-order valence-electron chi connectivity index (χ4n) is 3.15. The molecule has 0 aromatic heterocycles. The third-order valence-electron chi connectivity index (χ3n) is 4.76. The quantitative estimate of drug-likeness (QED) is 0.395. The number of piperazine rings is 1. The van der Waals surface area contributed by atoms with E-state index in [1.165, 1.54) is 29.2 Å². The monoisotopic (exact) mass is 531 g/mol. The van der Waals surface area contributed by atoms with Crippen LogP contribution in [0, 0.1) is 10.1 Å². The van der Waals surface area contributed by atoms with Gasteiger partial charge < -0.3 is 14.4 Å². The van der Waals surface area contributed by atoms with E-state index in [2.05, 4.69) is 0 Å². The standard InChI is InChI=1S/C21H23Cl2N3O7S/c1-21(2,3)33-20(27)24-8-10-25(11-9-24)34(30,31)19-13-15(26(28)29)5-7-17(19)32-18-12-14(22)4-6-16(18)23/h4-7,12-13H,8-11H2,1-3H3. The number of benzene rings is 2. The van der Waals surface area contributed by atoms with Crippen LogP contribution in [-0.4, -0.2) is 60.4 Å². The molecule has 2 aromatic carbocycles. The predicted octanol–water partition coefficient (Wildman–Crippen LogP) is 4.94. The van der Waals surface area contributed by atoms with Gasteiger partial charge in [-0.1, -0.05) is 23.2 Å². The van der Waals surface area contributed by atoms with Gasteiger partial charge in [-0.3, -0.25) is 10.1 Å². The van der Waals surface area contributed by atoms with Crippen LogP contribution in [0.5, 0.6) is 11.5 Å². The molecular weight excluding hydrogens is 509 g/mol. The Morgan fingerprint density at radius 1 is 1.03 bits per heavy atom. The van der Waals surface area contributed by atoms with E-state index in [-0.39, 0.29) is 42.7 Å². The number of halogens is 2. The molecule has 34 heavy (non-hydrogen) atoms. The molecule has 1 saturated heterocycles. The average molecular weight is 532 g/mol. The van der Waals surface area contributed by atoms with Gasteiger partial charge in [-0.2, -0.15) is 4.31 Å².